The standard InChI is InChI=1S/C26H37N3O4S/c1-6-17-27-26(31)22(4)28(19-23-15-13-20(2)14-16-23)25(30)12-9-18-29(34(5,32)33)24-11-8-7-10-21(24)3/h7-8,10-11,13-16,22H,6,9,12,17-19H2,1-5H3,(H,27,31)/t22-/m1/s1. The number of amides is 2. The van der Waals surface area contributed by atoms with E-state index in [1.807, 2.05) is 57.2 Å². The summed E-state index contributed by atoms with van der Waals surface area (Å²) in [6.45, 7) is 8.61. The van der Waals surface area contributed by atoms with Crippen molar-refractivity contribution in [3.05, 3.63) is 65.2 Å². The first kappa shape index (κ1) is 27.4. The number of anilines is 1. The van der Waals surface area contributed by atoms with Gasteiger partial charge in [0.25, 0.3) is 0 Å². The lowest BCUT2D eigenvalue weighted by Gasteiger charge is -2.29. The second-order valence-electron chi connectivity index (χ2n) is 8.70. The van der Waals surface area contributed by atoms with E-state index in [0.717, 1.165) is 23.1 Å². The van der Waals surface area contributed by atoms with E-state index in [2.05, 4.69) is 5.32 Å². The molecule has 0 bridgehead atoms. The Morgan fingerprint density at radius 2 is 1.68 bits per heavy atom. The Kier molecular flexibility index (Phi) is 10.1. The lowest BCUT2D eigenvalue weighted by atomic mass is 10.1. The number of carbonyl (C=O) groups is 2. The molecule has 0 saturated carbocycles. The van der Waals surface area contributed by atoms with E-state index in [1.54, 1.807) is 24.0 Å². The van der Waals surface area contributed by atoms with Crippen molar-refractivity contribution in [3.63, 3.8) is 0 Å². The second-order valence-corrected chi connectivity index (χ2v) is 10.6. The number of hydrogen-bond donors (Lipinski definition) is 1. The molecular weight excluding hydrogens is 450 g/mol. The summed E-state index contributed by atoms with van der Waals surface area (Å²) >= 11 is 0. The quantitative estimate of drug-likeness (QED) is 0.493. The average Bonchev–Trinajstić information content (AvgIpc) is 2.79. The van der Waals surface area contributed by atoms with Crippen molar-refractivity contribution in [2.45, 2.75) is 59.5 Å². The molecule has 2 amide bonds. The predicted octanol–water partition coefficient (Wildman–Crippen LogP) is 3.79. The van der Waals surface area contributed by atoms with Gasteiger partial charge in [-0.25, -0.2) is 8.42 Å². The highest BCUT2D eigenvalue weighted by Gasteiger charge is 2.26. The molecule has 0 aromatic heterocycles. The van der Waals surface area contributed by atoms with E-state index in [1.165, 1.54) is 10.6 Å². The molecule has 0 fully saturated rings. The molecule has 2 aromatic carbocycles. The third-order valence-corrected chi connectivity index (χ3v) is 6.91. The molecule has 0 aliphatic heterocycles. The third kappa shape index (κ3) is 7.87. The highest BCUT2D eigenvalue weighted by atomic mass is 32.2. The van der Waals surface area contributed by atoms with E-state index >= 15 is 0 Å². The first-order valence-corrected chi connectivity index (χ1v) is 13.6. The Morgan fingerprint density at radius 3 is 2.26 bits per heavy atom. The number of rotatable bonds is 12. The summed E-state index contributed by atoms with van der Waals surface area (Å²) in [5.41, 5.74) is 3.52. The highest BCUT2D eigenvalue weighted by Crippen LogP contribution is 2.23. The van der Waals surface area contributed by atoms with Crippen LogP contribution in [0.1, 0.15) is 49.8 Å². The van der Waals surface area contributed by atoms with Crippen LogP contribution < -0.4 is 9.62 Å². The van der Waals surface area contributed by atoms with E-state index < -0.39 is 16.1 Å². The predicted molar refractivity (Wildman–Crippen MR) is 137 cm³/mol. The minimum absolute atomic E-state index is 0.134. The van der Waals surface area contributed by atoms with Crippen molar-refractivity contribution in [2.24, 2.45) is 0 Å². The molecule has 1 atom stereocenters. The van der Waals surface area contributed by atoms with E-state index in [4.69, 9.17) is 0 Å². The average molecular weight is 488 g/mol. The fourth-order valence-corrected chi connectivity index (χ4v) is 4.72. The summed E-state index contributed by atoms with van der Waals surface area (Å²) in [6, 6.07) is 14.5. The van der Waals surface area contributed by atoms with Crippen LogP contribution in [0.3, 0.4) is 0 Å². The molecule has 0 heterocycles. The van der Waals surface area contributed by atoms with Gasteiger partial charge < -0.3 is 10.2 Å². The molecule has 186 valence electrons. The van der Waals surface area contributed by atoms with Crippen molar-refractivity contribution in [1.29, 1.82) is 0 Å². The van der Waals surface area contributed by atoms with Crippen LogP contribution in [-0.2, 0) is 26.2 Å². The van der Waals surface area contributed by atoms with Crippen LogP contribution in [0, 0.1) is 13.8 Å². The minimum atomic E-state index is -3.51. The first-order chi connectivity index (χ1) is 16.0. The molecule has 8 heteroatoms. The van der Waals surface area contributed by atoms with Gasteiger partial charge in [0.1, 0.15) is 6.04 Å². The van der Waals surface area contributed by atoms with Gasteiger partial charge in [-0.15, -0.1) is 0 Å². The summed E-state index contributed by atoms with van der Waals surface area (Å²) in [5, 5.41) is 2.86. The zero-order valence-corrected chi connectivity index (χ0v) is 21.7. The maximum Gasteiger partial charge on any atom is 0.242 e. The molecule has 0 radical (unpaired) electrons. The van der Waals surface area contributed by atoms with Crippen LogP contribution in [0.25, 0.3) is 0 Å². The van der Waals surface area contributed by atoms with E-state index in [-0.39, 0.29) is 24.8 Å². The molecule has 34 heavy (non-hydrogen) atoms. The number of benzene rings is 2. The number of carbonyl (C=O) groups excluding carboxylic acids is 2. The van der Waals surface area contributed by atoms with E-state index in [9.17, 15) is 18.0 Å². The van der Waals surface area contributed by atoms with Crippen LogP contribution >= 0.6 is 0 Å². The van der Waals surface area contributed by atoms with Gasteiger partial charge in [0.15, 0.2) is 0 Å². The number of nitrogens with zero attached hydrogens (tertiary/aromatic N) is 2. The van der Waals surface area contributed by atoms with Crippen LogP contribution in [0.5, 0.6) is 0 Å². The second kappa shape index (κ2) is 12.6. The molecule has 0 aliphatic rings. The molecule has 7 nitrogen and oxygen atoms in total. The molecule has 2 aromatic rings. The summed E-state index contributed by atoms with van der Waals surface area (Å²) in [4.78, 5) is 27.5. The van der Waals surface area contributed by atoms with Crippen LogP contribution in [0.15, 0.2) is 48.5 Å². The Morgan fingerprint density at radius 1 is 1.03 bits per heavy atom. The van der Waals surface area contributed by atoms with Gasteiger partial charge >= 0.3 is 0 Å². The van der Waals surface area contributed by atoms with Crippen molar-refractivity contribution in [3.8, 4) is 0 Å². The summed E-state index contributed by atoms with van der Waals surface area (Å²) in [6.07, 6.45) is 2.46. The largest absolute Gasteiger partial charge is 0.354 e. The molecule has 0 unspecified atom stereocenters. The maximum absolute atomic E-state index is 13.2. The van der Waals surface area contributed by atoms with Crippen LogP contribution in [0.4, 0.5) is 5.69 Å². The fourth-order valence-electron chi connectivity index (χ4n) is 3.69. The van der Waals surface area contributed by atoms with Gasteiger partial charge in [0.2, 0.25) is 21.8 Å². The number of hydrogen-bond acceptors (Lipinski definition) is 4. The number of aryl methyl sites for hydroxylation is 2. The molecule has 0 aliphatic carbocycles. The van der Waals surface area contributed by atoms with Gasteiger partial charge in [0, 0.05) is 26.1 Å². The fraction of sp³-hybridized carbons (Fsp3) is 0.462. The van der Waals surface area contributed by atoms with E-state index in [0.29, 0.717) is 25.2 Å². The van der Waals surface area contributed by atoms with Crippen LogP contribution in [-0.4, -0.2) is 50.5 Å². The third-order valence-electron chi connectivity index (χ3n) is 5.73. The minimum Gasteiger partial charge on any atom is -0.354 e. The van der Waals surface area contributed by atoms with Crippen LogP contribution in [0.2, 0.25) is 0 Å². The molecule has 0 saturated heterocycles. The smallest absolute Gasteiger partial charge is 0.242 e. The Bertz CT molecular complexity index is 1070. The Labute approximate surface area is 204 Å². The number of para-hydroxylation sites is 1. The number of nitrogens with one attached hydrogen (secondary N) is 1. The Balaban J connectivity index is 2.15. The van der Waals surface area contributed by atoms with Crippen molar-refractivity contribution in [1.82, 2.24) is 10.2 Å². The van der Waals surface area contributed by atoms with Gasteiger partial charge in [-0.3, -0.25) is 13.9 Å². The lowest BCUT2D eigenvalue weighted by molar-refractivity contribution is -0.140. The summed E-state index contributed by atoms with van der Waals surface area (Å²) < 4.78 is 26.2. The normalized spacial score (nSPS) is 12.1. The zero-order valence-electron chi connectivity index (χ0n) is 20.9. The summed E-state index contributed by atoms with van der Waals surface area (Å²) in [5.74, 6) is -0.377. The van der Waals surface area contributed by atoms with Crippen molar-refractivity contribution >= 4 is 27.5 Å². The Hall–Kier alpha value is -2.87. The SMILES string of the molecule is CCCNC(=O)[C@@H](C)N(Cc1ccc(C)cc1)C(=O)CCCN(c1ccccc1C)S(C)(=O)=O. The zero-order chi connectivity index (χ0) is 25.3. The van der Waals surface area contributed by atoms with Gasteiger partial charge in [-0.1, -0.05) is 55.0 Å². The lowest BCUT2D eigenvalue weighted by Crippen LogP contribution is -2.47. The maximum atomic E-state index is 13.2. The topological polar surface area (TPSA) is 86.8 Å². The van der Waals surface area contributed by atoms with Crippen molar-refractivity contribution < 1.29 is 18.0 Å². The number of sulfonamides is 1. The van der Waals surface area contributed by atoms with Gasteiger partial charge in [-0.2, -0.15) is 0 Å². The molecule has 0 spiro atoms. The van der Waals surface area contributed by atoms with Gasteiger partial charge in [-0.05, 0) is 50.8 Å². The summed E-state index contributed by atoms with van der Waals surface area (Å²) in [7, 11) is -3.51. The monoisotopic (exact) mass is 487 g/mol. The van der Waals surface area contributed by atoms with Gasteiger partial charge in [0.05, 0.1) is 11.9 Å². The molecule has 1 N–H and O–H groups in total. The molecular formula is C26H37N3O4S. The first-order valence-electron chi connectivity index (χ1n) is 11.7. The van der Waals surface area contributed by atoms with Crippen molar-refractivity contribution in [2.75, 3.05) is 23.7 Å². The highest BCUT2D eigenvalue weighted by molar-refractivity contribution is 7.92. The molecule has 2 rings (SSSR count).